The third kappa shape index (κ3) is 2.03. The van der Waals surface area contributed by atoms with Crippen molar-refractivity contribution in [2.45, 2.75) is 18.9 Å². The summed E-state index contributed by atoms with van der Waals surface area (Å²) in [5.74, 6) is -0.0125. The van der Waals surface area contributed by atoms with Crippen LogP contribution in [-0.2, 0) is 7.05 Å². The molecule has 0 radical (unpaired) electrons. The molecule has 1 N–H and O–H groups in total. The number of pyridine rings is 1. The molecule has 0 atom stereocenters. The SMILES string of the molecule is Cn1cc(I)c2cc(C(=O)NC3CC3)cnc21. The zero-order valence-corrected chi connectivity index (χ0v) is 11.6. The van der Waals surface area contributed by atoms with E-state index in [9.17, 15) is 4.79 Å². The number of carbonyl (C=O) groups is 1. The molecule has 1 aliphatic rings. The number of carbonyl (C=O) groups excluding carboxylic acids is 1. The summed E-state index contributed by atoms with van der Waals surface area (Å²) in [5.41, 5.74) is 1.56. The van der Waals surface area contributed by atoms with Crippen LogP contribution >= 0.6 is 22.6 Å². The number of amides is 1. The van der Waals surface area contributed by atoms with Crippen molar-refractivity contribution in [1.82, 2.24) is 14.9 Å². The molecule has 1 amide bonds. The number of hydrogen-bond donors (Lipinski definition) is 1. The van der Waals surface area contributed by atoms with Gasteiger partial charge in [0.05, 0.1) is 5.56 Å². The Morgan fingerprint density at radius 1 is 1.59 bits per heavy atom. The van der Waals surface area contributed by atoms with Crippen LogP contribution in [0.4, 0.5) is 0 Å². The molecule has 17 heavy (non-hydrogen) atoms. The fraction of sp³-hybridized carbons (Fsp3) is 0.333. The summed E-state index contributed by atoms with van der Waals surface area (Å²) in [6.07, 6.45) is 5.87. The minimum atomic E-state index is -0.0125. The molecule has 0 aliphatic heterocycles. The molecule has 1 saturated carbocycles. The summed E-state index contributed by atoms with van der Waals surface area (Å²) >= 11 is 2.26. The highest BCUT2D eigenvalue weighted by Crippen LogP contribution is 2.23. The number of nitrogens with zero attached hydrogens (tertiary/aromatic N) is 2. The zero-order chi connectivity index (χ0) is 12.0. The first-order valence-corrected chi connectivity index (χ1v) is 6.64. The summed E-state index contributed by atoms with van der Waals surface area (Å²) in [4.78, 5) is 16.2. The number of aryl methyl sites for hydroxylation is 1. The van der Waals surface area contributed by atoms with Crippen LogP contribution in [0.25, 0.3) is 11.0 Å². The Hall–Kier alpha value is -1.11. The van der Waals surface area contributed by atoms with Crippen LogP contribution in [0, 0.1) is 3.57 Å². The number of fused-ring (bicyclic) bond motifs is 1. The maximum atomic E-state index is 11.9. The van der Waals surface area contributed by atoms with Crippen molar-refractivity contribution in [3.63, 3.8) is 0 Å². The monoisotopic (exact) mass is 341 g/mol. The fourth-order valence-electron chi connectivity index (χ4n) is 1.84. The van der Waals surface area contributed by atoms with E-state index in [0.29, 0.717) is 11.6 Å². The lowest BCUT2D eigenvalue weighted by atomic mass is 10.2. The Morgan fingerprint density at radius 2 is 2.35 bits per heavy atom. The molecule has 0 saturated heterocycles. The van der Waals surface area contributed by atoms with Crippen LogP contribution in [0.1, 0.15) is 23.2 Å². The van der Waals surface area contributed by atoms with Crippen LogP contribution in [-0.4, -0.2) is 21.5 Å². The van der Waals surface area contributed by atoms with Crippen molar-refractivity contribution in [2.75, 3.05) is 0 Å². The summed E-state index contributed by atoms with van der Waals surface area (Å²) in [6.45, 7) is 0. The smallest absolute Gasteiger partial charge is 0.253 e. The molecule has 0 unspecified atom stereocenters. The first kappa shape index (κ1) is 11.0. The van der Waals surface area contributed by atoms with E-state index in [2.05, 4.69) is 32.9 Å². The van der Waals surface area contributed by atoms with Gasteiger partial charge in [0.15, 0.2) is 0 Å². The molecule has 2 aromatic heterocycles. The molecule has 0 spiro atoms. The standard InChI is InChI=1S/C12H12IN3O/c1-16-6-10(13)9-4-7(5-14-11(9)16)12(17)15-8-2-3-8/h4-6,8H,2-3H2,1H3,(H,15,17). The lowest BCUT2D eigenvalue weighted by Gasteiger charge is -2.03. The lowest BCUT2D eigenvalue weighted by Crippen LogP contribution is -2.25. The summed E-state index contributed by atoms with van der Waals surface area (Å²) in [6, 6.07) is 2.30. The van der Waals surface area contributed by atoms with Gasteiger partial charge in [0.2, 0.25) is 0 Å². The maximum Gasteiger partial charge on any atom is 0.253 e. The molecule has 2 aromatic rings. The van der Waals surface area contributed by atoms with Crippen molar-refractivity contribution >= 4 is 39.5 Å². The summed E-state index contributed by atoms with van der Waals surface area (Å²) in [7, 11) is 1.96. The number of halogens is 1. The van der Waals surface area contributed by atoms with Gasteiger partial charge in [0.25, 0.3) is 5.91 Å². The van der Waals surface area contributed by atoms with Gasteiger partial charge in [-0.3, -0.25) is 4.79 Å². The average Bonchev–Trinajstić information content (AvgIpc) is 3.07. The summed E-state index contributed by atoms with van der Waals surface area (Å²) in [5, 5.41) is 4.01. The Kier molecular flexibility index (Phi) is 2.57. The van der Waals surface area contributed by atoms with Crippen LogP contribution in [0.5, 0.6) is 0 Å². The van der Waals surface area contributed by atoms with Crippen LogP contribution in [0.15, 0.2) is 18.5 Å². The summed E-state index contributed by atoms with van der Waals surface area (Å²) < 4.78 is 3.09. The van der Waals surface area contributed by atoms with Gasteiger partial charge in [-0.1, -0.05) is 0 Å². The van der Waals surface area contributed by atoms with Gasteiger partial charge in [0, 0.05) is 34.4 Å². The van der Waals surface area contributed by atoms with Crippen LogP contribution < -0.4 is 5.32 Å². The normalized spacial score (nSPS) is 15.2. The van der Waals surface area contributed by atoms with Crippen molar-refractivity contribution in [1.29, 1.82) is 0 Å². The second kappa shape index (κ2) is 3.97. The predicted octanol–water partition coefficient (Wildman–Crippen LogP) is 2.07. The van der Waals surface area contributed by atoms with Gasteiger partial charge >= 0.3 is 0 Å². The molecule has 2 heterocycles. The molecular weight excluding hydrogens is 329 g/mol. The molecule has 4 nitrogen and oxygen atoms in total. The third-order valence-corrected chi connectivity index (χ3v) is 3.80. The Labute approximate surface area is 113 Å². The van der Waals surface area contributed by atoms with E-state index < -0.39 is 0 Å². The number of nitrogens with one attached hydrogen (secondary N) is 1. The van der Waals surface area contributed by atoms with E-state index in [1.54, 1.807) is 6.20 Å². The van der Waals surface area contributed by atoms with E-state index >= 15 is 0 Å². The largest absolute Gasteiger partial charge is 0.349 e. The zero-order valence-electron chi connectivity index (χ0n) is 9.40. The van der Waals surface area contributed by atoms with Gasteiger partial charge in [-0.15, -0.1) is 0 Å². The first-order chi connectivity index (χ1) is 8.15. The molecule has 1 aliphatic carbocycles. The highest BCUT2D eigenvalue weighted by Gasteiger charge is 2.24. The van der Waals surface area contributed by atoms with Gasteiger partial charge in [-0.05, 0) is 41.5 Å². The van der Waals surface area contributed by atoms with Crippen molar-refractivity contribution < 1.29 is 4.79 Å². The average molecular weight is 341 g/mol. The molecule has 1 fully saturated rings. The number of rotatable bonds is 2. The Bertz CT molecular complexity index is 601. The topological polar surface area (TPSA) is 46.9 Å². The van der Waals surface area contributed by atoms with Crippen LogP contribution in [0.2, 0.25) is 0 Å². The minimum absolute atomic E-state index is 0.0125. The third-order valence-electron chi connectivity index (χ3n) is 2.94. The lowest BCUT2D eigenvalue weighted by molar-refractivity contribution is 0.0951. The predicted molar refractivity (Wildman–Crippen MR) is 73.9 cm³/mol. The molecule has 0 bridgehead atoms. The maximum absolute atomic E-state index is 11.9. The van der Waals surface area contributed by atoms with Crippen molar-refractivity contribution in [2.24, 2.45) is 7.05 Å². The van der Waals surface area contributed by atoms with E-state index in [4.69, 9.17) is 0 Å². The highest BCUT2D eigenvalue weighted by molar-refractivity contribution is 14.1. The van der Waals surface area contributed by atoms with Gasteiger partial charge in [-0.2, -0.15) is 0 Å². The molecular formula is C12H12IN3O. The number of hydrogen-bond acceptors (Lipinski definition) is 2. The first-order valence-electron chi connectivity index (χ1n) is 5.56. The second-order valence-corrected chi connectivity index (χ2v) is 5.59. The Balaban J connectivity index is 2.00. The van der Waals surface area contributed by atoms with E-state index in [0.717, 1.165) is 27.4 Å². The van der Waals surface area contributed by atoms with E-state index in [1.807, 2.05) is 23.9 Å². The molecule has 3 rings (SSSR count). The van der Waals surface area contributed by atoms with Crippen molar-refractivity contribution in [3.8, 4) is 0 Å². The Morgan fingerprint density at radius 3 is 3.06 bits per heavy atom. The van der Waals surface area contributed by atoms with Gasteiger partial charge in [-0.25, -0.2) is 4.98 Å². The van der Waals surface area contributed by atoms with E-state index in [1.165, 1.54) is 0 Å². The van der Waals surface area contributed by atoms with Crippen molar-refractivity contribution in [3.05, 3.63) is 27.6 Å². The number of aromatic nitrogens is 2. The second-order valence-electron chi connectivity index (χ2n) is 4.43. The minimum Gasteiger partial charge on any atom is -0.349 e. The quantitative estimate of drug-likeness (QED) is 0.851. The molecule has 0 aromatic carbocycles. The molecule has 88 valence electrons. The highest BCUT2D eigenvalue weighted by atomic mass is 127. The molecule has 5 heteroatoms. The van der Waals surface area contributed by atoms with Gasteiger partial charge in [0.1, 0.15) is 5.65 Å². The fourth-order valence-corrected chi connectivity index (χ4v) is 2.65. The van der Waals surface area contributed by atoms with E-state index in [-0.39, 0.29) is 5.91 Å². The van der Waals surface area contributed by atoms with Crippen LogP contribution in [0.3, 0.4) is 0 Å². The van der Waals surface area contributed by atoms with Gasteiger partial charge < -0.3 is 9.88 Å².